The number of benzene rings is 1. The minimum Gasteiger partial charge on any atom is -0.383 e. The predicted octanol–water partition coefficient (Wildman–Crippen LogP) is 1.87. The molecular formula is C12H18N2O. The van der Waals surface area contributed by atoms with E-state index in [9.17, 15) is 0 Å². The number of fused-ring (bicyclic) bond motifs is 1. The van der Waals surface area contributed by atoms with Gasteiger partial charge in [0.1, 0.15) is 0 Å². The highest BCUT2D eigenvalue weighted by Crippen LogP contribution is 2.29. The van der Waals surface area contributed by atoms with Crippen LogP contribution in [0, 0.1) is 6.92 Å². The van der Waals surface area contributed by atoms with E-state index < -0.39 is 0 Å². The van der Waals surface area contributed by atoms with Crippen LogP contribution in [-0.4, -0.2) is 33.4 Å². The van der Waals surface area contributed by atoms with Crippen LogP contribution in [0.15, 0.2) is 18.2 Å². The quantitative estimate of drug-likeness (QED) is 0.817. The molecule has 3 heteroatoms. The molecule has 1 N–H and O–H groups in total. The molecule has 0 saturated heterocycles. The Morgan fingerprint density at radius 2 is 2.33 bits per heavy atom. The first kappa shape index (κ1) is 10.3. The number of hydrogen-bond acceptors (Lipinski definition) is 3. The predicted molar refractivity (Wildman–Crippen MR) is 63.8 cm³/mol. The third-order valence-corrected chi connectivity index (χ3v) is 2.76. The summed E-state index contributed by atoms with van der Waals surface area (Å²) in [6.07, 6.45) is 0. The smallest absolute Gasteiger partial charge is 0.0637 e. The van der Waals surface area contributed by atoms with Crippen LogP contribution < -0.4 is 10.2 Å². The van der Waals surface area contributed by atoms with Crippen molar-refractivity contribution in [3.05, 3.63) is 23.8 Å². The van der Waals surface area contributed by atoms with Gasteiger partial charge in [0.2, 0.25) is 0 Å². The molecule has 0 unspecified atom stereocenters. The molecule has 1 aliphatic rings. The van der Waals surface area contributed by atoms with E-state index in [2.05, 4.69) is 35.3 Å². The molecule has 0 atom stereocenters. The van der Waals surface area contributed by atoms with E-state index in [-0.39, 0.29) is 0 Å². The highest BCUT2D eigenvalue weighted by molar-refractivity contribution is 5.72. The van der Waals surface area contributed by atoms with Gasteiger partial charge in [-0.3, -0.25) is 0 Å². The molecule has 1 aromatic rings. The summed E-state index contributed by atoms with van der Waals surface area (Å²) in [6.45, 7) is 5.94. The summed E-state index contributed by atoms with van der Waals surface area (Å²) < 4.78 is 5.12. The zero-order valence-corrected chi connectivity index (χ0v) is 9.42. The van der Waals surface area contributed by atoms with Gasteiger partial charge in [-0.25, -0.2) is 0 Å². The lowest BCUT2D eigenvalue weighted by Crippen LogP contribution is -2.36. The van der Waals surface area contributed by atoms with Crippen LogP contribution in [0.1, 0.15) is 5.56 Å². The molecule has 0 aliphatic carbocycles. The number of anilines is 2. The van der Waals surface area contributed by atoms with Crippen molar-refractivity contribution < 1.29 is 4.74 Å². The summed E-state index contributed by atoms with van der Waals surface area (Å²) in [4.78, 5) is 2.37. The SMILES string of the molecule is COCCN1CCNc2cc(C)ccc21. The van der Waals surface area contributed by atoms with Crippen molar-refractivity contribution in [2.24, 2.45) is 0 Å². The molecule has 1 aromatic carbocycles. The second kappa shape index (κ2) is 4.53. The summed E-state index contributed by atoms with van der Waals surface area (Å²) in [7, 11) is 1.75. The van der Waals surface area contributed by atoms with E-state index in [1.165, 1.54) is 16.9 Å². The van der Waals surface area contributed by atoms with Gasteiger partial charge in [0.15, 0.2) is 0 Å². The summed E-state index contributed by atoms with van der Waals surface area (Å²) >= 11 is 0. The fourth-order valence-corrected chi connectivity index (χ4v) is 1.95. The van der Waals surface area contributed by atoms with Gasteiger partial charge in [-0.15, -0.1) is 0 Å². The van der Waals surface area contributed by atoms with Crippen molar-refractivity contribution in [3.8, 4) is 0 Å². The third-order valence-electron chi connectivity index (χ3n) is 2.76. The summed E-state index contributed by atoms with van der Waals surface area (Å²) in [6, 6.07) is 6.55. The fourth-order valence-electron chi connectivity index (χ4n) is 1.95. The minimum atomic E-state index is 0.785. The van der Waals surface area contributed by atoms with Crippen LogP contribution >= 0.6 is 0 Å². The minimum absolute atomic E-state index is 0.785. The molecule has 0 amide bonds. The second-order valence-corrected chi connectivity index (χ2v) is 3.93. The van der Waals surface area contributed by atoms with Crippen LogP contribution in [0.3, 0.4) is 0 Å². The molecule has 2 rings (SSSR count). The number of hydrogen-bond donors (Lipinski definition) is 1. The Balaban J connectivity index is 2.18. The lowest BCUT2D eigenvalue weighted by molar-refractivity contribution is 0.205. The molecule has 0 fully saturated rings. The van der Waals surface area contributed by atoms with E-state index >= 15 is 0 Å². The van der Waals surface area contributed by atoms with Gasteiger partial charge < -0.3 is 15.0 Å². The Hall–Kier alpha value is -1.22. The topological polar surface area (TPSA) is 24.5 Å². The molecule has 0 radical (unpaired) electrons. The Morgan fingerprint density at radius 3 is 3.13 bits per heavy atom. The number of methoxy groups -OCH3 is 1. The van der Waals surface area contributed by atoms with Crippen molar-refractivity contribution in [1.82, 2.24) is 0 Å². The Morgan fingerprint density at radius 1 is 1.47 bits per heavy atom. The van der Waals surface area contributed by atoms with Gasteiger partial charge in [-0.1, -0.05) is 6.07 Å². The van der Waals surface area contributed by atoms with Crippen LogP contribution in [0.25, 0.3) is 0 Å². The third kappa shape index (κ3) is 2.23. The highest BCUT2D eigenvalue weighted by Gasteiger charge is 2.15. The number of nitrogens with zero attached hydrogens (tertiary/aromatic N) is 1. The number of nitrogens with one attached hydrogen (secondary N) is 1. The van der Waals surface area contributed by atoms with Gasteiger partial charge in [-0.05, 0) is 24.6 Å². The maximum atomic E-state index is 5.12. The molecule has 0 aromatic heterocycles. The van der Waals surface area contributed by atoms with Crippen LogP contribution in [0.2, 0.25) is 0 Å². The fraction of sp³-hybridized carbons (Fsp3) is 0.500. The first-order valence-corrected chi connectivity index (χ1v) is 5.39. The number of rotatable bonds is 3. The first-order chi connectivity index (χ1) is 7.31. The lowest BCUT2D eigenvalue weighted by atomic mass is 10.1. The zero-order valence-electron chi connectivity index (χ0n) is 9.42. The van der Waals surface area contributed by atoms with E-state index in [1.807, 2.05) is 0 Å². The molecule has 0 spiro atoms. The van der Waals surface area contributed by atoms with E-state index in [0.717, 1.165) is 26.2 Å². The molecule has 1 aliphatic heterocycles. The Labute approximate surface area is 91.0 Å². The average Bonchev–Trinajstić information content (AvgIpc) is 2.25. The van der Waals surface area contributed by atoms with Crippen LogP contribution in [0.4, 0.5) is 11.4 Å². The van der Waals surface area contributed by atoms with Crippen molar-refractivity contribution >= 4 is 11.4 Å². The standard InChI is InChI=1S/C12H18N2O/c1-10-3-4-12-11(9-10)13-5-6-14(12)7-8-15-2/h3-4,9,13H,5-8H2,1-2H3. The average molecular weight is 206 g/mol. The molecule has 15 heavy (non-hydrogen) atoms. The molecule has 0 saturated carbocycles. The highest BCUT2D eigenvalue weighted by atomic mass is 16.5. The van der Waals surface area contributed by atoms with Gasteiger partial charge in [-0.2, -0.15) is 0 Å². The van der Waals surface area contributed by atoms with Crippen molar-refractivity contribution in [2.75, 3.05) is 43.6 Å². The van der Waals surface area contributed by atoms with E-state index in [4.69, 9.17) is 4.74 Å². The van der Waals surface area contributed by atoms with Crippen molar-refractivity contribution in [2.45, 2.75) is 6.92 Å². The maximum Gasteiger partial charge on any atom is 0.0637 e. The van der Waals surface area contributed by atoms with Crippen molar-refractivity contribution in [3.63, 3.8) is 0 Å². The molecular weight excluding hydrogens is 188 g/mol. The van der Waals surface area contributed by atoms with Gasteiger partial charge in [0, 0.05) is 26.7 Å². The first-order valence-electron chi connectivity index (χ1n) is 5.39. The number of ether oxygens (including phenoxy) is 1. The van der Waals surface area contributed by atoms with E-state index in [0.29, 0.717) is 0 Å². The normalized spacial score (nSPS) is 14.7. The van der Waals surface area contributed by atoms with Gasteiger partial charge in [0.05, 0.1) is 18.0 Å². The summed E-state index contributed by atoms with van der Waals surface area (Å²) in [5.74, 6) is 0. The Bertz CT molecular complexity index is 338. The Kier molecular flexibility index (Phi) is 3.11. The molecule has 1 heterocycles. The van der Waals surface area contributed by atoms with Crippen LogP contribution in [0.5, 0.6) is 0 Å². The van der Waals surface area contributed by atoms with Gasteiger partial charge >= 0.3 is 0 Å². The second-order valence-electron chi connectivity index (χ2n) is 3.93. The van der Waals surface area contributed by atoms with Gasteiger partial charge in [0.25, 0.3) is 0 Å². The molecule has 3 nitrogen and oxygen atoms in total. The lowest BCUT2D eigenvalue weighted by Gasteiger charge is -2.32. The largest absolute Gasteiger partial charge is 0.383 e. The molecule has 0 bridgehead atoms. The monoisotopic (exact) mass is 206 g/mol. The molecule has 82 valence electrons. The summed E-state index contributed by atoms with van der Waals surface area (Å²) in [5, 5.41) is 3.43. The van der Waals surface area contributed by atoms with Crippen molar-refractivity contribution in [1.29, 1.82) is 0 Å². The zero-order chi connectivity index (χ0) is 10.7. The number of aryl methyl sites for hydroxylation is 1. The maximum absolute atomic E-state index is 5.12. The van der Waals surface area contributed by atoms with E-state index in [1.54, 1.807) is 7.11 Å². The summed E-state index contributed by atoms with van der Waals surface area (Å²) in [5.41, 5.74) is 3.84. The van der Waals surface area contributed by atoms with Crippen LogP contribution in [-0.2, 0) is 4.74 Å².